The van der Waals surface area contributed by atoms with Gasteiger partial charge in [0, 0.05) is 16.8 Å². The summed E-state index contributed by atoms with van der Waals surface area (Å²) in [6.07, 6.45) is 4.60. The highest BCUT2D eigenvalue weighted by atomic mass is 32.1. The van der Waals surface area contributed by atoms with Crippen molar-refractivity contribution in [2.45, 2.75) is 31.1 Å². The van der Waals surface area contributed by atoms with Gasteiger partial charge >= 0.3 is 0 Å². The van der Waals surface area contributed by atoms with Gasteiger partial charge in [-0.1, -0.05) is 37.1 Å². The van der Waals surface area contributed by atoms with Crippen molar-refractivity contribution in [3.63, 3.8) is 0 Å². The topological polar surface area (TPSA) is 67.4 Å². The van der Waals surface area contributed by atoms with Crippen LogP contribution in [0.25, 0.3) is 0 Å². The van der Waals surface area contributed by atoms with Crippen molar-refractivity contribution in [3.8, 4) is 5.75 Å². The SMILES string of the molecule is O=C(CNC(=O)COc1ccccc1)NCC1(c2cccs2)CCCC1. The molecule has 0 bridgehead atoms. The second-order valence-electron chi connectivity index (χ2n) is 6.62. The van der Waals surface area contributed by atoms with Crippen molar-refractivity contribution in [2.24, 2.45) is 0 Å². The molecule has 0 radical (unpaired) electrons. The van der Waals surface area contributed by atoms with Crippen LogP contribution in [0.1, 0.15) is 30.6 Å². The summed E-state index contributed by atoms with van der Waals surface area (Å²) < 4.78 is 5.36. The minimum absolute atomic E-state index is 0.0303. The Labute approximate surface area is 157 Å². The quantitative estimate of drug-likeness (QED) is 0.749. The standard InChI is InChI=1S/C20H24N2O3S/c23-18(13-21-19(24)14-25-16-7-2-1-3-8-16)22-15-20(10-4-5-11-20)17-9-6-12-26-17/h1-3,6-9,12H,4-5,10-11,13-15H2,(H,21,24)(H,22,23). The van der Waals surface area contributed by atoms with E-state index >= 15 is 0 Å². The molecule has 3 rings (SSSR count). The normalized spacial score (nSPS) is 15.4. The first-order valence-corrected chi connectivity index (χ1v) is 9.81. The number of carbonyl (C=O) groups is 2. The summed E-state index contributed by atoms with van der Waals surface area (Å²) in [5, 5.41) is 7.68. The molecule has 2 amide bonds. The summed E-state index contributed by atoms with van der Waals surface area (Å²) in [4.78, 5) is 25.3. The van der Waals surface area contributed by atoms with Crippen molar-refractivity contribution in [1.82, 2.24) is 10.6 Å². The van der Waals surface area contributed by atoms with Crippen LogP contribution in [0.15, 0.2) is 47.8 Å². The maximum Gasteiger partial charge on any atom is 0.258 e. The molecule has 2 N–H and O–H groups in total. The van der Waals surface area contributed by atoms with Gasteiger partial charge in [0.15, 0.2) is 6.61 Å². The lowest BCUT2D eigenvalue weighted by Crippen LogP contribution is -2.44. The third-order valence-electron chi connectivity index (χ3n) is 4.79. The van der Waals surface area contributed by atoms with Gasteiger partial charge in [-0.2, -0.15) is 0 Å². The zero-order chi connectivity index (χ0) is 18.2. The Bertz CT molecular complexity index is 710. The molecule has 6 heteroatoms. The Kier molecular flexibility index (Phi) is 6.28. The molecule has 138 valence electrons. The minimum Gasteiger partial charge on any atom is -0.484 e. The highest BCUT2D eigenvalue weighted by Crippen LogP contribution is 2.42. The summed E-state index contributed by atoms with van der Waals surface area (Å²) in [6, 6.07) is 13.3. The maximum absolute atomic E-state index is 12.1. The van der Waals surface area contributed by atoms with E-state index in [0.717, 1.165) is 12.8 Å². The first-order valence-electron chi connectivity index (χ1n) is 8.93. The molecule has 1 aromatic carbocycles. The van der Waals surface area contributed by atoms with Gasteiger partial charge < -0.3 is 15.4 Å². The van der Waals surface area contributed by atoms with Crippen molar-refractivity contribution < 1.29 is 14.3 Å². The van der Waals surface area contributed by atoms with Crippen molar-refractivity contribution in [1.29, 1.82) is 0 Å². The second kappa shape index (κ2) is 8.85. The highest BCUT2D eigenvalue weighted by molar-refractivity contribution is 7.10. The molecule has 1 fully saturated rings. The van der Waals surface area contributed by atoms with Crippen LogP contribution in [0, 0.1) is 0 Å². The lowest BCUT2D eigenvalue weighted by atomic mass is 9.84. The summed E-state index contributed by atoms with van der Waals surface area (Å²) in [5.41, 5.74) is 0.0598. The third-order valence-corrected chi connectivity index (χ3v) is 5.90. The van der Waals surface area contributed by atoms with Crippen LogP contribution in [0.3, 0.4) is 0 Å². The first kappa shape index (κ1) is 18.5. The Morgan fingerprint density at radius 3 is 2.46 bits per heavy atom. The molecular weight excluding hydrogens is 348 g/mol. The summed E-state index contributed by atoms with van der Waals surface area (Å²) in [7, 11) is 0. The van der Waals surface area contributed by atoms with Gasteiger partial charge in [0.05, 0.1) is 6.54 Å². The fraction of sp³-hybridized carbons (Fsp3) is 0.400. The fourth-order valence-corrected chi connectivity index (χ4v) is 4.36. The lowest BCUT2D eigenvalue weighted by molar-refractivity contribution is -0.127. The van der Waals surface area contributed by atoms with Gasteiger partial charge in [-0.3, -0.25) is 9.59 Å². The smallest absolute Gasteiger partial charge is 0.258 e. The molecule has 0 atom stereocenters. The Morgan fingerprint density at radius 2 is 1.77 bits per heavy atom. The van der Waals surface area contributed by atoms with Gasteiger partial charge in [-0.25, -0.2) is 0 Å². The Hall–Kier alpha value is -2.34. The van der Waals surface area contributed by atoms with Crippen molar-refractivity contribution in [2.75, 3.05) is 19.7 Å². The Morgan fingerprint density at radius 1 is 1.00 bits per heavy atom. The number of ether oxygens (including phenoxy) is 1. The number of benzene rings is 1. The van der Waals surface area contributed by atoms with Crippen LogP contribution in [-0.2, 0) is 15.0 Å². The minimum atomic E-state index is -0.308. The van der Waals surface area contributed by atoms with Crippen molar-refractivity contribution in [3.05, 3.63) is 52.7 Å². The van der Waals surface area contributed by atoms with E-state index in [0.29, 0.717) is 12.3 Å². The van der Waals surface area contributed by atoms with E-state index in [1.807, 2.05) is 18.2 Å². The molecule has 26 heavy (non-hydrogen) atoms. The monoisotopic (exact) mass is 372 g/mol. The number of carbonyl (C=O) groups excluding carboxylic acids is 2. The van der Waals surface area contributed by atoms with Crippen LogP contribution in [0.4, 0.5) is 0 Å². The third kappa shape index (κ3) is 4.85. The van der Waals surface area contributed by atoms with Gasteiger partial charge in [0.1, 0.15) is 5.75 Å². The average Bonchev–Trinajstić information content (AvgIpc) is 3.36. The summed E-state index contributed by atoms with van der Waals surface area (Å²) >= 11 is 1.76. The highest BCUT2D eigenvalue weighted by Gasteiger charge is 2.36. The maximum atomic E-state index is 12.1. The molecule has 0 saturated heterocycles. The molecule has 0 spiro atoms. The van der Waals surface area contributed by atoms with Gasteiger partial charge in [0.2, 0.25) is 5.91 Å². The molecule has 1 aromatic heterocycles. The largest absolute Gasteiger partial charge is 0.484 e. The van der Waals surface area contributed by atoms with Crippen LogP contribution < -0.4 is 15.4 Å². The number of amides is 2. The second-order valence-corrected chi connectivity index (χ2v) is 7.57. The molecule has 1 aliphatic rings. The number of rotatable bonds is 8. The molecule has 1 aliphatic carbocycles. The van der Waals surface area contributed by atoms with Crippen LogP contribution >= 0.6 is 11.3 Å². The molecule has 1 saturated carbocycles. The zero-order valence-electron chi connectivity index (χ0n) is 14.7. The molecule has 2 aromatic rings. The fourth-order valence-electron chi connectivity index (χ4n) is 3.37. The molecule has 1 heterocycles. The van der Waals surface area contributed by atoms with Crippen molar-refractivity contribution >= 4 is 23.2 Å². The number of nitrogens with one attached hydrogen (secondary N) is 2. The van der Waals surface area contributed by atoms with E-state index in [1.54, 1.807) is 23.5 Å². The van der Waals surface area contributed by atoms with E-state index in [9.17, 15) is 9.59 Å². The van der Waals surface area contributed by atoms with Crippen LogP contribution in [0.5, 0.6) is 5.75 Å². The number of hydrogen-bond acceptors (Lipinski definition) is 4. The lowest BCUT2D eigenvalue weighted by Gasteiger charge is -2.28. The Balaban J connectivity index is 1.40. The predicted molar refractivity (Wildman–Crippen MR) is 102 cm³/mol. The van der Waals surface area contributed by atoms with E-state index in [4.69, 9.17) is 4.74 Å². The summed E-state index contributed by atoms with van der Waals surface area (Å²) in [6.45, 7) is 0.497. The van der Waals surface area contributed by atoms with Crippen LogP contribution in [0.2, 0.25) is 0 Å². The van der Waals surface area contributed by atoms with Gasteiger partial charge in [-0.15, -0.1) is 11.3 Å². The first-order chi connectivity index (χ1) is 12.7. The average molecular weight is 372 g/mol. The van der Waals surface area contributed by atoms with Gasteiger partial charge in [0.25, 0.3) is 5.91 Å². The summed E-state index contributed by atoms with van der Waals surface area (Å²) in [5.74, 6) is 0.157. The van der Waals surface area contributed by atoms with Crippen LogP contribution in [-0.4, -0.2) is 31.5 Å². The van der Waals surface area contributed by atoms with E-state index in [-0.39, 0.29) is 30.4 Å². The number of thiophene rings is 1. The van der Waals surface area contributed by atoms with Gasteiger partial charge in [-0.05, 0) is 36.4 Å². The number of hydrogen-bond donors (Lipinski definition) is 2. The zero-order valence-corrected chi connectivity index (χ0v) is 15.5. The number of para-hydroxylation sites is 1. The molecule has 0 aliphatic heterocycles. The van der Waals surface area contributed by atoms with E-state index < -0.39 is 0 Å². The molecule has 5 nitrogen and oxygen atoms in total. The molecule has 0 unspecified atom stereocenters. The van der Waals surface area contributed by atoms with E-state index in [1.165, 1.54) is 17.7 Å². The predicted octanol–water partition coefficient (Wildman–Crippen LogP) is 2.87. The van der Waals surface area contributed by atoms with E-state index in [2.05, 4.69) is 28.1 Å². The molecular formula is C20H24N2O3S.